The van der Waals surface area contributed by atoms with Crippen molar-refractivity contribution < 1.29 is 4.42 Å². The monoisotopic (exact) mass is 574 g/mol. The molecule has 0 amide bonds. The van der Waals surface area contributed by atoms with E-state index in [-0.39, 0.29) is 0 Å². The molecule has 45 heavy (non-hydrogen) atoms. The highest BCUT2D eigenvalue weighted by Gasteiger charge is 2.20. The van der Waals surface area contributed by atoms with Crippen LogP contribution in [0.4, 0.5) is 0 Å². The topological polar surface area (TPSA) is 23.0 Å². The molecule has 10 rings (SSSR count). The van der Waals surface area contributed by atoms with E-state index in [0.717, 1.165) is 44.2 Å². The fourth-order valence-electron chi connectivity index (χ4n) is 7.31. The van der Waals surface area contributed by atoms with E-state index in [9.17, 15) is 0 Å². The zero-order valence-corrected chi connectivity index (χ0v) is 24.3. The Hall–Kier alpha value is -6.06. The number of nitrogens with zero attached hydrogens (tertiary/aromatic N) is 2. The molecule has 3 heterocycles. The minimum absolute atomic E-state index is 0.906. The molecule has 0 radical (unpaired) electrons. The highest BCUT2D eigenvalue weighted by molar-refractivity contribution is 6.25. The Morgan fingerprint density at radius 1 is 0.356 bits per heavy atom. The third-order valence-electron chi connectivity index (χ3n) is 9.31. The highest BCUT2D eigenvalue weighted by atomic mass is 16.3. The molecule has 210 valence electrons. The Morgan fingerprint density at radius 2 is 0.956 bits per heavy atom. The first-order valence-corrected chi connectivity index (χ1v) is 15.4. The number of para-hydroxylation sites is 3. The summed E-state index contributed by atoms with van der Waals surface area (Å²) in [6, 6.07) is 56.4. The van der Waals surface area contributed by atoms with Crippen LogP contribution in [0.3, 0.4) is 0 Å². The molecular weight excluding hydrogens is 548 g/mol. The van der Waals surface area contributed by atoms with Gasteiger partial charge in [-0.15, -0.1) is 0 Å². The number of aromatic nitrogens is 2. The predicted molar refractivity (Wildman–Crippen MR) is 188 cm³/mol. The van der Waals surface area contributed by atoms with E-state index in [1.165, 1.54) is 43.8 Å². The molecule has 0 aliphatic heterocycles. The summed E-state index contributed by atoms with van der Waals surface area (Å²) in [5, 5.41) is 7.00. The van der Waals surface area contributed by atoms with Gasteiger partial charge < -0.3 is 13.6 Å². The lowest BCUT2D eigenvalue weighted by atomic mass is 10.1. The Kier molecular flexibility index (Phi) is 5.00. The number of fused-ring (bicyclic) bond motifs is 10. The molecule has 0 saturated heterocycles. The molecule has 0 N–H and O–H groups in total. The van der Waals surface area contributed by atoms with Crippen LogP contribution in [0.5, 0.6) is 0 Å². The van der Waals surface area contributed by atoms with Crippen LogP contribution in [0.2, 0.25) is 0 Å². The Labute approximate surface area is 258 Å². The lowest BCUT2D eigenvalue weighted by Gasteiger charge is -2.09. The molecule has 0 unspecified atom stereocenters. The van der Waals surface area contributed by atoms with Crippen LogP contribution in [0.25, 0.3) is 88.1 Å². The van der Waals surface area contributed by atoms with Gasteiger partial charge in [0.2, 0.25) is 0 Å². The van der Waals surface area contributed by atoms with Crippen molar-refractivity contribution in [2.45, 2.75) is 0 Å². The average molecular weight is 575 g/mol. The number of benzene rings is 7. The number of rotatable bonds is 3. The number of hydrogen-bond donors (Lipinski definition) is 0. The maximum atomic E-state index is 6.84. The van der Waals surface area contributed by atoms with Gasteiger partial charge in [0.1, 0.15) is 11.2 Å². The van der Waals surface area contributed by atoms with Crippen molar-refractivity contribution in [2.24, 2.45) is 0 Å². The van der Waals surface area contributed by atoms with Gasteiger partial charge in [0, 0.05) is 38.3 Å². The van der Waals surface area contributed by atoms with Gasteiger partial charge in [-0.3, -0.25) is 0 Å². The lowest BCUT2D eigenvalue weighted by Crippen LogP contribution is -1.93. The largest absolute Gasteiger partial charge is 0.455 e. The molecule has 0 fully saturated rings. The van der Waals surface area contributed by atoms with Crippen LogP contribution in [0, 0.1) is 0 Å². The van der Waals surface area contributed by atoms with E-state index in [0.29, 0.717) is 0 Å². The fraction of sp³-hybridized carbons (Fsp3) is 0. The summed E-state index contributed by atoms with van der Waals surface area (Å²) in [6.07, 6.45) is 0. The van der Waals surface area contributed by atoms with Crippen molar-refractivity contribution in [3.8, 4) is 22.5 Å². The maximum absolute atomic E-state index is 6.84. The van der Waals surface area contributed by atoms with Gasteiger partial charge in [0.15, 0.2) is 0 Å². The molecule has 0 atom stereocenters. The van der Waals surface area contributed by atoms with E-state index < -0.39 is 0 Å². The second kappa shape index (κ2) is 9.22. The Bertz CT molecular complexity index is 2730. The molecule has 0 spiro atoms. The third-order valence-corrected chi connectivity index (χ3v) is 9.31. The van der Waals surface area contributed by atoms with Crippen LogP contribution in [0.1, 0.15) is 0 Å². The summed E-state index contributed by atoms with van der Waals surface area (Å²) in [5.74, 6) is 0. The summed E-state index contributed by atoms with van der Waals surface area (Å²) in [6.45, 7) is 0. The smallest absolute Gasteiger partial charge is 0.145 e. The first kappa shape index (κ1) is 24.4. The molecule has 0 bridgehead atoms. The molecule has 7 aromatic carbocycles. The Balaban J connectivity index is 1.26. The van der Waals surface area contributed by atoms with E-state index in [2.05, 4.69) is 167 Å². The standard InChI is InChI=1S/C42H26N2O/c1-3-11-27(12-4-1)28-19-21-30(22-20-28)44-36-17-9-7-15-31(36)34-26-40-35(25-39(34)44)32-23-24-38-41(42(32)45-40)33-16-8-10-18-37(33)43(38)29-13-5-2-6-14-29/h1-26H. The van der Waals surface area contributed by atoms with Crippen molar-refractivity contribution in [2.75, 3.05) is 0 Å². The lowest BCUT2D eigenvalue weighted by molar-refractivity contribution is 0.673. The van der Waals surface area contributed by atoms with Crippen LogP contribution in [-0.2, 0) is 0 Å². The summed E-state index contributed by atoms with van der Waals surface area (Å²) in [7, 11) is 0. The van der Waals surface area contributed by atoms with Gasteiger partial charge >= 0.3 is 0 Å². The summed E-state index contributed by atoms with van der Waals surface area (Å²) >= 11 is 0. The zero-order chi connectivity index (χ0) is 29.5. The van der Waals surface area contributed by atoms with Gasteiger partial charge in [0.25, 0.3) is 0 Å². The van der Waals surface area contributed by atoms with Gasteiger partial charge in [-0.25, -0.2) is 0 Å². The second-order valence-corrected chi connectivity index (χ2v) is 11.8. The number of furan rings is 1. The van der Waals surface area contributed by atoms with Crippen molar-refractivity contribution in [3.63, 3.8) is 0 Å². The predicted octanol–water partition coefficient (Wildman–Crippen LogP) is 11.4. The van der Waals surface area contributed by atoms with Crippen molar-refractivity contribution in [1.82, 2.24) is 9.13 Å². The minimum Gasteiger partial charge on any atom is -0.455 e. The van der Waals surface area contributed by atoms with E-state index in [1.54, 1.807) is 0 Å². The normalized spacial score (nSPS) is 12.0. The fourth-order valence-corrected chi connectivity index (χ4v) is 7.31. The van der Waals surface area contributed by atoms with Crippen molar-refractivity contribution >= 4 is 65.6 Å². The summed E-state index contributed by atoms with van der Waals surface area (Å²) < 4.78 is 11.6. The van der Waals surface area contributed by atoms with Crippen LogP contribution in [-0.4, -0.2) is 9.13 Å². The zero-order valence-electron chi connectivity index (χ0n) is 24.3. The SMILES string of the molecule is c1ccc(-c2ccc(-n3c4ccccc4c4cc5oc6c(ccc7c6c6ccccc6n7-c6ccccc6)c5cc43)cc2)cc1. The summed E-state index contributed by atoms with van der Waals surface area (Å²) in [5.41, 5.74) is 11.2. The Morgan fingerprint density at radius 3 is 1.73 bits per heavy atom. The maximum Gasteiger partial charge on any atom is 0.145 e. The molecule has 0 saturated carbocycles. The quantitative estimate of drug-likeness (QED) is 0.206. The van der Waals surface area contributed by atoms with Gasteiger partial charge in [-0.2, -0.15) is 0 Å². The van der Waals surface area contributed by atoms with Crippen molar-refractivity contribution in [1.29, 1.82) is 0 Å². The van der Waals surface area contributed by atoms with Crippen LogP contribution >= 0.6 is 0 Å². The van der Waals surface area contributed by atoms with E-state index in [4.69, 9.17) is 4.42 Å². The molecule has 0 aliphatic carbocycles. The van der Waals surface area contributed by atoms with E-state index >= 15 is 0 Å². The first-order chi connectivity index (χ1) is 22.3. The highest BCUT2D eigenvalue weighted by Crippen LogP contribution is 2.43. The van der Waals surface area contributed by atoms with Gasteiger partial charge in [-0.1, -0.05) is 97.1 Å². The molecule has 3 heteroatoms. The number of hydrogen-bond acceptors (Lipinski definition) is 1. The first-order valence-electron chi connectivity index (χ1n) is 15.4. The third kappa shape index (κ3) is 3.46. The minimum atomic E-state index is 0.906. The van der Waals surface area contributed by atoms with Crippen LogP contribution in [0.15, 0.2) is 162 Å². The van der Waals surface area contributed by atoms with Crippen molar-refractivity contribution in [3.05, 3.63) is 158 Å². The van der Waals surface area contributed by atoms with E-state index in [1.807, 2.05) is 0 Å². The second-order valence-electron chi connectivity index (χ2n) is 11.8. The molecule has 3 nitrogen and oxygen atoms in total. The van der Waals surface area contributed by atoms with Gasteiger partial charge in [0.05, 0.1) is 27.5 Å². The average Bonchev–Trinajstić information content (AvgIpc) is 3.75. The molecular formula is C42H26N2O. The summed E-state index contributed by atoms with van der Waals surface area (Å²) in [4.78, 5) is 0. The van der Waals surface area contributed by atoms with Gasteiger partial charge in [-0.05, 0) is 71.8 Å². The molecule has 0 aliphatic rings. The molecule has 10 aromatic rings. The molecule has 3 aromatic heterocycles. The van der Waals surface area contributed by atoms with Crippen LogP contribution < -0.4 is 0 Å².